The van der Waals surface area contributed by atoms with Gasteiger partial charge in [-0.15, -0.1) is 0 Å². The van der Waals surface area contributed by atoms with E-state index in [1.807, 2.05) is 42.5 Å². The van der Waals surface area contributed by atoms with Crippen molar-refractivity contribution in [3.8, 4) is 23.1 Å². The van der Waals surface area contributed by atoms with E-state index in [2.05, 4.69) is 66.3 Å². The summed E-state index contributed by atoms with van der Waals surface area (Å²) >= 11 is 0. The van der Waals surface area contributed by atoms with E-state index < -0.39 is 0 Å². The second-order valence-electron chi connectivity index (χ2n) is 9.07. The predicted octanol–water partition coefficient (Wildman–Crippen LogP) is 6.70. The van der Waals surface area contributed by atoms with Crippen molar-refractivity contribution in [2.45, 2.75) is 39.7 Å². The molecule has 0 saturated heterocycles. The molecule has 0 bridgehead atoms. The number of benzene rings is 3. The third-order valence-electron chi connectivity index (χ3n) is 6.46. The predicted molar refractivity (Wildman–Crippen MR) is 146 cm³/mol. The number of hydrogen-bond donors (Lipinski definition) is 2. The number of hydrogen-bond acceptors (Lipinski definition) is 3. The van der Waals surface area contributed by atoms with Crippen molar-refractivity contribution in [2.75, 3.05) is 19.0 Å². The molecule has 0 atom stereocenters. The molecule has 6 heteroatoms. The van der Waals surface area contributed by atoms with Crippen LogP contribution in [-0.4, -0.2) is 24.3 Å². The lowest BCUT2D eigenvalue weighted by Gasteiger charge is -2.11. The monoisotopic (exact) mass is 480 g/mol. The van der Waals surface area contributed by atoms with Gasteiger partial charge >= 0.3 is 6.03 Å². The van der Waals surface area contributed by atoms with Gasteiger partial charge in [-0.05, 0) is 60.2 Å². The number of urea groups is 1. The molecule has 0 radical (unpaired) electrons. The maximum absolute atomic E-state index is 12.4. The van der Waals surface area contributed by atoms with E-state index in [0.717, 1.165) is 34.3 Å². The number of aromatic nitrogens is 1. The molecule has 184 valence electrons. The summed E-state index contributed by atoms with van der Waals surface area (Å²) in [4.78, 5) is 12.4. The highest BCUT2D eigenvalue weighted by Crippen LogP contribution is 2.35. The molecular weight excluding hydrogens is 448 g/mol. The molecule has 1 aromatic heterocycles. The van der Waals surface area contributed by atoms with Crippen LogP contribution in [0.5, 0.6) is 5.75 Å². The third-order valence-corrected chi connectivity index (χ3v) is 6.46. The fraction of sp³-hybridized carbons (Fsp3) is 0.267. The van der Waals surface area contributed by atoms with E-state index in [-0.39, 0.29) is 6.03 Å². The molecular formula is C30H32N4O2. The molecule has 6 nitrogen and oxygen atoms in total. The van der Waals surface area contributed by atoms with Gasteiger partial charge in [0.1, 0.15) is 11.8 Å². The third kappa shape index (κ3) is 5.21. The Balaban J connectivity index is 1.44. The second kappa shape index (κ2) is 11.0. The summed E-state index contributed by atoms with van der Waals surface area (Å²) in [5.74, 6) is 1.26. The fourth-order valence-electron chi connectivity index (χ4n) is 4.47. The lowest BCUT2D eigenvalue weighted by atomic mass is 10.0. The lowest BCUT2D eigenvalue weighted by molar-refractivity contribution is 0.252. The van der Waals surface area contributed by atoms with E-state index >= 15 is 0 Å². The van der Waals surface area contributed by atoms with Crippen LogP contribution < -0.4 is 15.4 Å². The summed E-state index contributed by atoms with van der Waals surface area (Å²) in [5, 5.41) is 16.6. The van der Waals surface area contributed by atoms with Crippen molar-refractivity contribution in [3.63, 3.8) is 0 Å². The number of nitrogens with one attached hydrogen (secondary N) is 2. The Morgan fingerprint density at radius 2 is 1.78 bits per heavy atom. The zero-order valence-corrected chi connectivity index (χ0v) is 21.3. The number of fused-ring (bicyclic) bond motifs is 1. The Labute approximate surface area is 212 Å². The van der Waals surface area contributed by atoms with E-state index in [4.69, 9.17) is 4.74 Å². The summed E-state index contributed by atoms with van der Waals surface area (Å²) < 4.78 is 7.51. The van der Waals surface area contributed by atoms with Gasteiger partial charge in [0.15, 0.2) is 0 Å². The van der Waals surface area contributed by atoms with Crippen molar-refractivity contribution in [1.82, 2.24) is 9.88 Å². The van der Waals surface area contributed by atoms with Crippen LogP contribution in [0.1, 0.15) is 43.4 Å². The van der Waals surface area contributed by atoms with Gasteiger partial charge in [0.25, 0.3) is 0 Å². The molecule has 0 aliphatic heterocycles. The average molecular weight is 481 g/mol. The van der Waals surface area contributed by atoms with Crippen LogP contribution in [0.15, 0.2) is 66.7 Å². The number of carbonyl (C=O) groups is 1. The number of amides is 2. The van der Waals surface area contributed by atoms with E-state index in [9.17, 15) is 10.1 Å². The second-order valence-corrected chi connectivity index (χ2v) is 9.07. The number of nitriles is 1. The SMILES string of the molecule is CCn1c(-c2ccc(NC(=O)NCCc3ccc(C(C)C)cc3)cc2)c(C#N)c2ccc(OC)cc21. The van der Waals surface area contributed by atoms with Crippen LogP contribution in [0.2, 0.25) is 0 Å². The van der Waals surface area contributed by atoms with Crippen molar-refractivity contribution in [3.05, 3.63) is 83.4 Å². The Kier molecular flexibility index (Phi) is 7.60. The van der Waals surface area contributed by atoms with Crippen LogP contribution in [0.4, 0.5) is 10.5 Å². The van der Waals surface area contributed by atoms with Gasteiger partial charge in [0.2, 0.25) is 0 Å². The summed E-state index contributed by atoms with van der Waals surface area (Å²) in [5.41, 5.74) is 6.58. The number of carbonyl (C=O) groups excluding carboxylic acids is 1. The molecule has 4 aromatic rings. The normalized spacial score (nSPS) is 10.9. The minimum Gasteiger partial charge on any atom is -0.497 e. The van der Waals surface area contributed by atoms with Gasteiger partial charge in [-0.25, -0.2) is 4.79 Å². The summed E-state index contributed by atoms with van der Waals surface area (Å²) in [6, 6.07) is 24.0. The number of nitrogens with zero attached hydrogens (tertiary/aromatic N) is 2. The maximum Gasteiger partial charge on any atom is 0.319 e. The largest absolute Gasteiger partial charge is 0.497 e. The summed E-state index contributed by atoms with van der Waals surface area (Å²) in [6.07, 6.45) is 0.772. The van der Waals surface area contributed by atoms with Gasteiger partial charge in [-0.1, -0.05) is 50.2 Å². The van der Waals surface area contributed by atoms with Gasteiger partial charge < -0.3 is 19.9 Å². The van der Waals surface area contributed by atoms with Crippen LogP contribution in [0.25, 0.3) is 22.2 Å². The summed E-state index contributed by atoms with van der Waals surface area (Å²) in [7, 11) is 1.64. The Hall–Kier alpha value is -4.24. The number of aryl methyl sites for hydroxylation is 1. The quantitative estimate of drug-likeness (QED) is 0.295. The first kappa shape index (κ1) is 24.9. The van der Waals surface area contributed by atoms with Crippen molar-refractivity contribution < 1.29 is 9.53 Å². The first-order valence-corrected chi connectivity index (χ1v) is 12.3. The lowest BCUT2D eigenvalue weighted by Crippen LogP contribution is -2.30. The maximum atomic E-state index is 12.4. The molecule has 0 aliphatic carbocycles. The summed E-state index contributed by atoms with van der Waals surface area (Å²) in [6.45, 7) is 7.68. The van der Waals surface area contributed by atoms with Crippen LogP contribution in [-0.2, 0) is 13.0 Å². The molecule has 2 amide bonds. The first-order valence-electron chi connectivity index (χ1n) is 12.3. The average Bonchev–Trinajstić information content (AvgIpc) is 3.22. The van der Waals surface area contributed by atoms with Crippen molar-refractivity contribution in [1.29, 1.82) is 5.26 Å². The molecule has 36 heavy (non-hydrogen) atoms. The Bertz CT molecular complexity index is 1390. The van der Waals surface area contributed by atoms with Gasteiger partial charge in [0.05, 0.1) is 23.9 Å². The number of methoxy groups -OCH3 is 1. The first-order chi connectivity index (χ1) is 17.4. The number of anilines is 1. The molecule has 0 saturated carbocycles. The highest BCUT2D eigenvalue weighted by molar-refractivity contribution is 5.96. The Morgan fingerprint density at radius 3 is 2.39 bits per heavy atom. The molecule has 0 spiro atoms. The van der Waals surface area contributed by atoms with E-state index in [1.165, 1.54) is 11.1 Å². The zero-order chi connectivity index (χ0) is 25.7. The van der Waals surface area contributed by atoms with Crippen LogP contribution in [0, 0.1) is 11.3 Å². The van der Waals surface area contributed by atoms with Gasteiger partial charge in [-0.2, -0.15) is 5.26 Å². The van der Waals surface area contributed by atoms with Crippen LogP contribution >= 0.6 is 0 Å². The molecule has 2 N–H and O–H groups in total. The van der Waals surface area contributed by atoms with Crippen molar-refractivity contribution >= 4 is 22.6 Å². The zero-order valence-electron chi connectivity index (χ0n) is 21.3. The molecule has 3 aromatic carbocycles. The van der Waals surface area contributed by atoms with E-state index in [1.54, 1.807) is 7.11 Å². The van der Waals surface area contributed by atoms with Gasteiger partial charge in [0, 0.05) is 30.2 Å². The van der Waals surface area contributed by atoms with Gasteiger partial charge in [-0.3, -0.25) is 0 Å². The standard InChI is InChI=1S/C30H32N4O2/c1-5-34-28-18-25(36-4)14-15-26(28)27(19-31)29(34)23-10-12-24(13-11-23)33-30(35)32-17-16-21-6-8-22(9-7-21)20(2)3/h6-15,18,20H,5,16-17H2,1-4H3,(H2,32,33,35). The minimum atomic E-state index is -0.242. The molecule has 4 rings (SSSR count). The van der Waals surface area contributed by atoms with Crippen LogP contribution in [0.3, 0.4) is 0 Å². The molecule has 0 fully saturated rings. The molecule has 1 heterocycles. The highest BCUT2D eigenvalue weighted by Gasteiger charge is 2.18. The number of rotatable bonds is 8. The smallest absolute Gasteiger partial charge is 0.319 e. The topological polar surface area (TPSA) is 79.1 Å². The molecule has 0 aliphatic rings. The van der Waals surface area contributed by atoms with Crippen molar-refractivity contribution in [2.24, 2.45) is 0 Å². The fourth-order valence-corrected chi connectivity index (χ4v) is 4.47. The highest BCUT2D eigenvalue weighted by atomic mass is 16.5. The Morgan fingerprint density at radius 1 is 1.06 bits per heavy atom. The molecule has 0 unspecified atom stereocenters. The number of ether oxygens (including phenoxy) is 1. The minimum absolute atomic E-state index is 0.242. The van der Waals surface area contributed by atoms with E-state index in [0.29, 0.717) is 30.3 Å².